The van der Waals surface area contributed by atoms with E-state index in [1.807, 2.05) is 23.1 Å². The number of nitrogens with zero attached hydrogens (tertiary/aromatic N) is 1. The van der Waals surface area contributed by atoms with Gasteiger partial charge in [-0.2, -0.15) is 0 Å². The Morgan fingerprint density at radius 1 is 1.35 bits per heavy atom. The van der Waals surface area contributed by atoms with Crippen LogP contribution in [0.3, 0.4) is 0 Å². The Balaban J connectivity index is 1.76. The van der Waals surface area contributed by atoms with Gasteiger partial charge in [0.15, 0.2) is 11.5 Å². The number of carbonyl (C=O) groups is 1. The molecule has 20 heavy (non-hydrogen) atoms. The third kappa shape index (κ3) is 2.72. The molecule has 0 radical (unpaired) electrons. The van der Waals surface area contributed by atoms with Crippen LogP contribution in [0.4, 0.5) is 0 Å². The first-order chi connectivity index (χ1) is 9.65. The summed E-state index contributed by atoms with van der Waals surface area (Å²) in [6.45, 7) is 3.48. The number of amides is 1. The van der Waals surface area contributed by atoms with Gasteiger partial charge in [0.2, 0.25) is 5.91 Å². The first-order valence-electron chi connectivity index (χ1n) is 7.10. The zero-order valence-corrected chi connectivity index (χ0v) is 11.7. The van der Waals surface area contributed by atoms with E-state index < -0.39 is 6.04 Å². The quantitative estimate of drug-likeness (QED) is 0.900. The summed E-state index contributed by atoms with van der Waals surface area (Å²) in [5.74, 6) is 1.55. The monoisotopic (exact) mass is 276 g/mol. The Labute approximate surface area is 118 Å². The molecule has 1 aliphatic carbocycles. The lowest BCUT2D eigenvalue weighted by Gasteiger charge is -2.25. The second kappa shape index (κ2) is 5.32. The van der Waals surface area contributed by atoms with Gasteiger partial charge < -0.3 is 20.1 Å². The first-order valence-corrected chi connectivity index (χ1v) is 7.10. The first kappa shape index (κ1) is 13.2. The molecule has 1 saturated carbocycles. The number of rotatable bonds is 4. The number of carbonyl (C=O) groups excluding carboxylic acids is 1. The molecule has 0 spiro atoms. The van der Waals surface area contributed by atoms with Crippen LogP contribution in [0.2, 0.25) is 0 Å². The predicted octanol–water partition coefficient (Wildman–Crippen LogP) is 1.30. The van der Waals surface area contributed by atoms with Crippen LogP contribution in [-0.2, 0) is 11.3 Å². The van der Waals surface area contributed by atoms with Crippen LogP contribution in [0, 0.1) is 0 Å². The van der Waals surface area contributed by atoms with Gasteiger partial charge in [-0.1, -0.05) is 6.07 Å². The molecule has 0 bridgehead atoms. The van der Waals surface area contributed by atoms with E-state index in [0.717, 1.165) is 29.9 Å². The van der Waals surface area contributed by atoms with E-state index in [2.05, 4.69) is 0 Å². The van der Waals surface area contributed by atoms with Crippen molar-refractivity contribution in [1.82, 2.24) is 4.90 Å². The minimum absolute atomic E-state index is 0.0161. The summed E-state index contributed by atoms with van der Waals surface area (Å²) >= 11 is 0. The van der Waals surface area contributed by atoms with Gasteiger partial charge >= 0.3 is 0 Å². The molecule has 5 nitrogen and oxygen atoms in total. The van der Waals surface area contributed by atoms with Gasteiger partial charge in [-0.25, -0.2) is 0 Å². The lowest BCUT2D eigenvalue weighted by molar-refractivity contribution is -0.133. The maximum atomic E-state index is 12.2. The number of hydrogen-bond acceptors (Lipinski definition) is 4. The Hall–Kier alpha value is -1.75. The van der Waals surface area contributed by atoms with Crippen molar-refractivity contribution in [2.75, 3.05) is 13.2 Å². The van der Waals surface area contributed by atoms with E-state index in [-0.39, 0.29) is 5.91 Å². The van der Waals surface area contributed by atoms with Gasteiger partial charge in [0.25, 0.3) is 0 Å². The molecule has 1 atom stereocenters. The van der Waals surface area contributed by atoms with Crippen LogP contribution in [0.5, 0.6) is 11.5 Å². The van der Waals surface area contributed by atoms with Gasteiger partial charge in [0.05, 0.1) is 6.04 Å². The highest BCUT2D eigenvalue weighted by atomic mass is 16.6. The molecule has 0 saturated heterocycles. The summed E-state index contributed by atoms with van der Waals surface area (Å²) < 4.78 is 11.1. The fourth-order valence-electron chi connectivity index (χ4n) is 2.42. The van der Waals surface area contributed by atoms with Crippen molar-refractivity contribution < 1.29 is 14.3 Å². The van der Waals surface area contributed by atoms with Gasteiger partial charge in [-0.3, -0.25) is 4.79 Å². The lowest BCUT2D eigenvalue weighted by Crippen LogP contribution is -2.42. The van der Waals surface area contributed by atoms with Crippen LogP contribution in [0.25, 0.3) is 0 Å². The maximum absolute atomic E-state index is 12.2. The van der Waals surface area contributed by atoms with Crippen molar-refractivity contribution in [3.05, 3.63) is 23.8 Å². The van der Waals surface area contributed by atoms with Crippen LogP contribution in [0.1, 0.15) is 25.3 Å². The topological polar surface area (TPSA) is 64.8 Å². The summed E-state index contributed by atoms with van der Waals surface area (Å²) in [5, 5.41) is 0. The van der Waals surface area contributed by atoms with Crippen molar-refractivity contribution in [2.24, 2.45) is 5.73 Å². The Morgan fingerprint density at radius 3 is 2.70 bits per heavy atom. The molecule has 1 aromatic rings. The maximum Gasteiger partial charge on any atom is 0.239 e. The van der Waals surface area contributed by atoms with Crippen molar-refractivity contribution in [2.45, 2.75) is 38.4 Å². The number of hydrogen-bond donors (Lipinski definition) is 1. The van der Waals surface area contributed by atoms with Gasteiger partial charge in [-0.15, -0.1) is 0 Å². The number of benzene rings is 1. The highest BCUT2D eigenvalue weighted by molar-refractivity contribution is 5.81. The van der Waals surface area contributed by atoms with Gasteiger partial charge in [0.1, 0.15) is 13.2 Å². The average molecular weight is 276 g/mol. The van der Waals surface area contributed by atoms with Crippen molar-refractivity contribution in [1.29, 1.82) is 0 Å². The molecular weight excluding hydrogens is 256 g/mol. The molecule has 2 aliphatic rings. The zero-order chi connectivity index (χ0) is 14.1. The second-order valence-corrected chi connectivity index (χ2v) is 5.46. The van der Waals surface area contributed by atoms with Crippen LogP contribution in [-0.4, -0.2) is 36.1 Å². The smallest absolute Gasteiger partial charge is 0.239 e. The van der Waals surface area contributed by atoms with E-state index in [1.54, 1.807) is 6.92 Å². The Kier molecular flexibility index (Phi) is 3.53. The van der Waals surface area contributed by atoms with Crippen molar-refractivity contribution in [3.63, 3.8) is 0 Å². The van der Waals surface area contributed by atoms with Crippen LogP contribution < -0.4 is 15.2 Å². The predicted molar refractivity (Wildman–Crippen MR) is 74.7 cm³/mol. The normalized spacial score (nSPS) is 18.5. The summed E-state index contributed by atoms with van der Waals surface area (Å²) in [6, 6.07) is 5.75. The highest BCUT2D eigenvalue weighted by Gasteiger charge is 2.33. The van der Waals surface area contributed by atoms with Crippen molar-refractivity contribution in [3.8, 4) is 11.5 Å². The van der Waals surface area contributed by atoms with Gasteiger partial charge in [-0.05, 0) is 37.5 Å². The minimum Gasteiger partial charge on any atom is -0.486 e. The van der Waals surface area contributed by atoms with E-state index in [4.69, 9.17) is 15.2 Å². The molecule has 3 rings (SSSR count). The fourth-order valence-corrected chi connectivity index (χ4v) is 2.42. The zero-order valence-electron chi connectivity index (χ0n) is 11.7. The largest absolute Gasteiger partial charge is 0.486 e. The molecule has 1 amide bonds. The number of nitrogens with two attached hydrogens (primary N) is 1. The van der Waals surface area contributed by atoms with Crippen LogP contribution in [0.15, 0.2) is 18.2 Å². The van der Waals surface area contributed by atoms with E-state index in [0.29, 0.717) is 25.8 Å². The molecule has 1 aliphatic heterocycles. The van der Waals surface area contributed by atoms with E-state index in [1.165, 1.54) is 0 Å². The Morgan fingerprint density at radius 2 is 2.05 bits per heavy atom. The number of ether oxygens (including phenoxy) is 2. The molecule has 5 heteroatoms. The number of fused-ring (bicyclic) bond motifs is 1. The molecule has 1 heterocycles. The molecule has 0 aromatic heterocycles. The standard InChI is InChI=1S/C15H20N2O3/c1-10(16)15(18)17(12-3-4-12)9-11-2-5-13-14(8-11)20-7-6-19-13/h2,5,8,10,12H,3-4,6-7,9,16H2,1H3/t10-/m0/s1. The second-order valence-electron chi connectivity index (χ2n) is 5.46. The average Bonchev–Trinajstić information content (AvgIpc) is 3.28. The molecule has 2 N–H and O–H groups in total. The summed E-state index contributed by atoms with van der Waals surface area (Å²) in [5.41, 5.74) is 6.78. The van der Waals surface area contributed by atoms with E-state index in [9.17, 15) is 4.79 Å². The SMILES string of the molecule is C[C@H](N)C(=O)N(Cc1ccc2c(c1)OCCO2)C1CC1. The summed E-state index contributed by atoms with van der Waals surface area (Å²) in [6.07, 6.45) is 2.14. The minimum atomic E-state index is -0.451. The van der Waals surface area contributed by atoms with E-state index >= 15 is 0 Å². The van der Waals surface area contributed by atoms with Crippen molar-refractivity contribution >= 4 is 5.91 Å². The third-order valence-electron chi connectivity index (χ3n) is 3.62. The molecule has 0 unspecified atom stereocenters. The summed E-state index contributed by atoms with van der Waals surface area (Å²) in [4.78, 5) is 14.0. The Bertz CT molecular complexity index is 512. The highest BCUT2D eigenvalue weighted by Crippen LogP contribution is 2.33. The lowest BCUT2D eigenvalue weighted by atomic mass is 10.1. The molecule has 1 fully saturated rings. The molecule has 108 valence electrons. The molecule has 1 aromatic carbocycles. The third-order valence-corrected chi connectivity index (χ3v) is 3.62. The van der Waals surface area contributed by atoms with Crippen LogP contribution >= 0.6 is 0 Å². The summed E-state index contributed by atoms with van der Waals surface area (Å²) in [7, 11) is 0. The fraction of sp³-hybridized carbons (Fsp3) is 0.533. The molecular formula is C15H20N2O3. The van der Waals surface area contributed by atoms with Gasteiger partial charge in [0, 0.05) is 12.6 Å².